The highest BCUT2D eigenvalue weighted by Crippen LogP contribution is 2.21. The molecule has 1 fully saturated rings. The van der Waals surface area contributed by atoms with Crippen molar-refractivity contribution < 1.29 is 9.21 Å². The molecule has 1 aliphatic heterocycles. The number of nitrogens with zero attached hydrogens (tertiary/aromatic N) is 4. The average molecular weight is 365 g/mol. The maximum atomic E-state index is 12.3. The second-order valence-corrected chi connectivity index (χ2v) is 6.35. The highest BCUT2D eigenvalue weighted by Gasteiger charge is 2.32. The molecule has 136 valence electrons. The standard InChI is InChI=1S/C18H15N5O4/c19-7-11-8-23(18(26)21-17(11)25)12-9-22(10-12)16(24)6-5-15-20-13-3-1-2-4-14(13)27-15/h1-4,8,12H,5-6,9-10H2,(H,21,25,26). The summed E-state index contributed by atoms with van der Waals surface area (Å²) < 4.78 is 6.90. The molecule has 9 nitrogen and oxygen atoms in total. The van der Waals surface area contributed by atoms with Crippen molar-refractivity contribution >= 4 is 17.0 Å². The van der Waals surface area contributed by atoms with Crippen molar-refractivity contribution in [3.63, 3.8) is 0 Å². The van der Waals surface area contributed by atoms with E-state index in [1.54, 1.807) is 11.0 Å². The second kappa shape index (κ2) is 6.57. The van der Waals surface area contributed by atoms with Gasteiger partial charge in [0.15, 0.2) is 11.5 Å². The first-order valence-corrected chi connectivity index (χ1v) is 8.43. The maximum Gasteiger partial charge on any atom is 0.328 e. The molecule has 1 saturated heterocycles. The molecule has 0 spiro atoms. The molecule has 0 atom stereocenters. The topological polar surface area (TPSA) is 125 Å². The zero-order chi connectivity index (χ0) is 19.0. The van der Waals surface area contributed by atoms with Gasteiger partial charge in [0.05, 0.1) is 6.04 Å². The number of aromatic amines is 1. The lowest BCUT2D eigenvalue weighted by Crippen LogP contribution is -2.53. The normalized spacial score (nSPS) is 14.1. The third kappa shape index (κ3) is 3.13. The van der Waals surface area contributed by atoms with Crippen LogP contribution in [-0.2, 0) is 11.2 Å². The van der Waals surface area contributed by atoms with Crippen LogP contribution >= 0.6 is 0 Å². The number of amides is 1. The lowest BCUT2D eigenvalue weighted by molar-refractivity contribution is -0.137. The van der Waals surface area contributed by atoms with E-state index in [0.29, 0.717) is 31.0 Å². The summed E-state index contributed by atoms with van der Waals surface area (Å²) in [5.41, 5.74) is 0.0339. The van der Waals surface area contributed by atoms with E-state index in [0.717, 1.165) is 5.52 Å². The van der Waals surface area contributed by atoms with Crippen molar-refractivity contribution in [1.82, 2.24) is 19.4 Å². The molecule has 4 rings (SSSR count). The lowest BCUT2D eigenvalue weighted by atomic mass is 10.1. The van der Waals surface area contributed by atoms with E-state index in [2.05, 4.69) is 9.97 Å². The highest BCUT2D eigenvalue weighted by molar-refractivity contribution is 5.77. The van der Waals surface area contributed by atoms with Gasteiger partial charge >= 0.3 is 5.69 Å². The predicted molar refractivity (Wildman–Crippen MR) is 94.0 cm³/mol. The molecule has 27 heavy (non-hydrogen) atoms. The van der Waals surface area contributed by atoms with Gasteiger partial charge in [0, 0.05) is 32.1 Å². The second-order valence-electron chi connectivity index (χ2n) is 6.35. The monoisotopic (exact) mass is 365 g/mol. The molecule has 0 saturated carbocycles. The van der Waals surface area contributed by atoms with Gasteiger partial charge < -0.3 is 9.32 Å². The number of fused-ring (bicyclic) bond motifs is 1. The Morgan fingerprint density at radius 3 is 2.85 bits per heavy atom. The number of benzene rings is 1. The first-order valence-electron chi connectivity index (χ1n) is 8.43. The summed E-state index contributed by atoms with van der Waals surface area (Å²) in [6.45, 7) is 0.701. The minimum atomic E-state index is -0.704. The number of carbonyl (C=O) groups is 1. The van der Waals surface area contributed by atoms with Crippen LogP contribution in [0.5, 0.6) is 0 Å². The number of hydrogen-bond donors (Lipinski definition) is 1. The molecule has 3 aromatic rings. The van der Waals surface area contributed by atoms with E-state index in [1.165, 1.54) is 10.8 Å². The molecule has 0 bridgehead atoms. The molecule has 1 aromatic carbocycles. The quantitative estimate of drug-likeness (QED) is 0.720. The Bertz CT molecular complexity index is 1140. The van der Waals surface area contributed by atoms with E-state index < -0.39 is 11.2 Å². The Morgan fingerprint density at radius 1 is 1.33 bits per heavy atom. The highest BCUT2D eigenvalue weighted by atomic mass is 16.3. The van der Waals surface area contributed by atoms with Gasteiger partial charge in [0.2, 0.25) is 5.91 Å². The molecule has 1 aliphatic rings. The van der Waals surface area contributed by atoms with E-state index in [9.17, 15) is 14.4 Å². The lowest BCUT2D eigenvalue weighted by Gasteiger charge is -2.40. The van der Waals surface area contributed by atoms with Crippen molar-refractivity contribution in [1.29, 1.82) is 5.26 Å². The van der Waals surface area contributed by atoms with Crippen LogP contribution in [-0.4, -0.2) is 38.4 Å². The molecule has 1 N–H and O–H groups in total. The largest absolute Gasteiger partial charge is 0.441 e. The Balaban J connectivity index is 1.37. The summed E-state index contributed by atoms with van der Waals surface area (Å²) in [6, 6.07) is 8.90. The van der Waals surface area contributed by atoms with Gasteiger partial charge in [-0.15, -0.1) is 0 Å². The van der Waals surface area contributed by atoms with Gasteiger partial charge in [-0.3, -0.25) is 19.1 Å². The first-order chi connectivity index (χ1) is 13.0. The number of nitriles is 1. The molecule has 9 heteroatoms. The van der Waals surface area contributed by atoms with Crippen LogP contribution in [0, 0.1) is 11.3 Å². The number of oxazole rings is 1. The molecular weight excluding hydrogens is 350 g/mol. The predicted octanol–water partition coefficient (Wildman–Crippen LogP) is 0.566. The van der Waals surface area contributed by atoms with E-state index in [-0.39, 0.29) is 23.9 Å². The molecule has 2 aromatic heterocycles. The van der Waals surface area contributed by atoms with Gasteiger partial charge in [-0.1, -0.05) is 12.1 Å². The van der Waals surface area contributed by atoms with Crippen LogP contribution in [0.3, 0.4) is 0 Å². The van der Waals surface area contributed by atoms with Crippen molar-refractivity contribution in [2.45, 2.75) is 18.9 Å². The molecule has 1 amide bonds. The molecule has 0 unspecified atom stereocenters. The molecule has 3 heterocycles. The summed E-state index contributed by atoms with van der Waals surface area (Å²) in [6.07, 6.45) is 1.89. The van der Waals surface area contributed by atoms with Crippen LogP contribution in [0.15, 0.2) is 44.5 Å². The van der Waals surface area contributed by atoms with Crippen molar-refractivity contribution in [3.8, 4) is 6.07 Å². The molecule has 0 radical (unpaired) electrons. The van der Waals surface area contributed by atoms with Gasteiger partial charge in [-0.2, -0.15) is 5.26 Å². The zero-order valence-corrected chi connectivity index (χ0v) is 14.2. The average Bonchev–Trinajstić information content (AvgIpc) is 3.03. The fourth-order valence-electron chi connectivity index (χ4n) is 3.07. The summed E-state index contributed by atoms with van der Waals surface area (Å²) in [7, 11) is 0. The van der Waals surface area contributed by atoms with Crippen molar-refractivity contribution in [2.75, 3.05) is 13.1 Å². The number of H-pyrrole nitrogens is 1. The van der Waals surface area contributed by atoms with Crippen LogP contribution in [0.1, 0.15) is 23.9 Å². The summed E-state index contributed by atoms with van der Waals surface area (Å²) in [5, 5.41) is 8.91. The fraction of sp³-hybridized carbons (Fsp3) is 0.278. The Morgan fingerprint density at radius 2 is 2.11 bits per heavy atom. The Hall–Kier alpha value is -3.67. The number of aryl methyl sites for hydroxylation is 1. The first kappa shape index (κ1) is 16.8. The van der Waals surface area contributed by atoms with Crippen LogP contribution < -0.4 is 11.2 Å². The summed E-state index contributed by atoms with van der Waals surface area (Å²) >= 11 is 0. The Labute approximate surface area is 152 Å². The number of aromatic nitrogens is 3. The summed E-state index contributed by atoms with van der Waals surface area (Å²) in [5.74, 6) is 0.448. The fourth-order valence-corrected chi connectivity index (χ4v) is 3.07. The smallest absolute Gasteiger partial charge is 0.328 e. The van der Waals surface area contributed by atoms with Crippen LogP contribution in [0.4, 0.5) is 0 Å². The number of nitrogens with one attached hydrogen (secondary N) is 1. The van der Waals surface area contributed by atoms with Gasteiger partial charge in [0.25, 0.3) is 5.56 Å². The molecule has 0 aliphatic carbocycles. The van der Waals surface area contributed by atoms with Crippen molar-refractivity contribution in [2.24, 2.45) is 0 Å². The van der Waals surface area contributed by atoms with Gasteiger partial charge in [-0.05, 0) is 12.1 Å². The van der Waals surface area contributed by atoms with E-state index in [1.807, 2.05) is 24.3 Å². The zero-order valence-electron chi connectivity index (χ0n) is 14.2. The number of likely N-dealkylation sites (tertiary alicyclic amines) is 1. The SMILES string of the molecule is N#Cc1cn(C2CN(C(=O)CCc3nc4ccccc4o3)C2)c(=O)[nH]c1=O. The number of para-hydroxylation sites is 2. The third-order valence-corrected chi connectivity index (χ3v) is 4.59. The van der Waals surface area contributed by atoms with Crippen LogP contribution in [0.25, 0.3) is 11.1 Å². The minimum Gasteiger partial charge on any atom is -0.441 e. The number of rotatable bonds is 4. The van der Waals surface area contributed by atoms with Gasteiger partial charge in [0.1, 0.15) is 17.1 Å². The molecular formula is C18H15N5O4. The van der Waals surface area contributed by atoms with E-state index in [4.69, 9.17) is 9.68 Å². The minimum absolute atomic E-state index is 0.0634. The summed E-state index contributed by atoms with van der Waals surface area (Å²) in [4.78, 5) is 43.7. The number of hydrogen-bond acceptors (Lipinski definition) is 6. The maximum absolute atomic E-state index is 12.3. The van der Waals surface area contributed by atoms with Gasteiger partial charge in [-0.25, -0.2) is 9.78 Å². The van der Waals surface area contributed by atoms with E-state index >= 15 is 0 Å². The van der Waals surface area contributed by atoms with Crippen molar-refractivity contribution in [3.05, 3.63) is 62.8 Å². The Kier molecular flexibility index (Phi) is 4.08. The van der Waals surface area contributed by atoms with Crippen LogP contribution in [0.2, 0.25) is 0 Å². The third-order valence-electron chi connectivity index (χ3n) is 4.59. The number of carbonyl (C=O) groups excluding carboxylic acids is 1.